The standard InChI is InChI=1S/C9H6N4O2/c1-6(9(14)15)4-13-5-12-7(2-10)8(13)3-11/h5H,1,4H2,(H,14,15). The summed E-state index contributed by atoms with van der Waals surface area (Å²) >= 11 is 0. The number of aliphatic carboxylic acids is 1. The third-order valence-electron chi connectivity index (χ3n) is 1.71. The van der Waals surface area contributed by atoms with Crippen LogP contribution < -0.4 is 0 Å². The molecule has 0 saturated heterocycles. The summed E-state index contributed by atoms with van der Waals surface area (Å²) in [7, 11) is 0. The highest BCUT2D eigenvalue weighted by molar-refractivity contribution is 5.85. The molecule has 15 heavy (non-hydrogen) atoms. The molecule has 0 spiro atoms. The average Bonchev–Trinajstić information content (AvgIpc) is 2.59. The molecule has 74 valence electrons. The summed E-state index contributed by atoms with van der Waals surface area (Å²) < 4.78 is 1.27. The minimum Gasteiger partial charge on any atom is -0.478 e. The van der Waals surface area contributed by atoms with Crippen LogP contribution in [0.15, 0.2) is 18.5 Å². The molecule has 0 fully saturated rings. The second-order valence-electron chi connectivity index (χ2n) is 2.70. The Labute approximate surface area is 85.3 Å². The third-order valence-corrected chi connectivity index (χ3v) is 1.71. The number of carboxylic acid groups (broad SMARTS) is 1. The van der Waals surface area contributed by atoms with Crippen molar-refractivity contribution in [3.63, 3.8) is 0 Å². The molecule has 0 aliphatic heterocycles. The van der Waals surface area contributed by atoms with Gasteiger partial charge in [0.15, 0.2) is 11.4 Å². The van der Waals surface area contributed by atoms with E-state index in [0.29, 0.717) is 0 Å². The topological polar surface area (TPSA) is 103 Å². The molecule has 6 heteroatoms. The summed E-state index contributed by atoms with van der Waals surface area (Å²) in [4.78, 5) is 14.2. The molecule has 0 atom stereocenters. The van der Waals surface area contributed by atoms with Crippen molar-refractivity contribution in [2.75, 3.05) is 0 Å². The maximum Gasteiger partial charge on any atom is 0.332 e. The molecule has 0 aliphatic rings. The maximum absolute atomic E-state index is 10.5. The number of imidazole rings is 1. The van der Waals surface area contributed by atoms with Gasteiger partial charge in [0.05, 0.1) is 12.9 Å². The van der Waals surface area contributed by atoms with Crippen LogP contribution in [-0.2, 0) is 11.3 Å². The van der Waals surface area contributed by atoms with Crippen molar-refractivity contribution < 1.29 is 9.90 Å². The molecule has 1 heterocycles. The monoisotopic (exact) mass is 202 g/mol. The van der Waals surface area contributed by atoms with Gasteiger partial charge in [0.2, 0.25) is 0 Å². The quantitative estimate of drug-likeness (QED) is 0.708. The first kappa shape index (κ1) is 10.5. The molecular weight excluding hydrogens is 196 g/mol. The van der Waals surface area contributed by atoms with Gasteiger partial charge in [0.1, 0.15) is 12.1 Å². The molecule has 0 aliphatic carbocycles. The van der Waals surface area contributed by atoms with E-state index in [4.69, 9.17) is 15.6 Å². The Balaban J connectivity index is 3.03. The lowest BCUT2D eigenvalue weighted by atomic mass is 10.3. The minimum absolute atomic E-state index is 0.0179. The molecule has 1 aromatic rings. The van der Waals surface area contributed by atoms with E-state index in [-0.39, 0.29) is 23.5 Å². The number of carboxylic acids is 1. The van der Waals surface area contributed by atoms with E-state index >= 15 is 0 Å². The molecule has 1 N–H and O–H groups in total. The average molecular weight is 202 g/mol. The molecule has 6 nitrogen and oxygen atoms in total. The lowest BCUT2D eigenvalue weighted by Gasteiger charge is -2.02. The van der Waals surface area contributed by atoms with Crippen molar-refractivity contribution in [3.05, 3.63) is 29.9 Å². The van der Waals surface area contributed by atoms with Gasteiger partial charge in [-0.25, -0.2) is 9.78 Å². The number of rotatable bonds is 3. The first-order valence-electron chi connectivity index (χ1n) is 3.86. The van der Waals surface area contributed by atoms with Gasteiger partial charge in [-0.05, 0) is 0 Å². The second kappa shape index (κ2) is 4.07. The van der Waals surface area contributed by atoms with Crippen LogP contribution >= 0.6 is 0 Å². The van der Waals surface area contributed by atoms with Gasteiger partial charge < -0.3 is 9.67 Å². The van der Waals surface area contributed by atoms with E-state index in [2.05, 4.69) is 11.6 Å². The normalized spacial score (nSPS) is 8.93. The molecule has 1 aromatic heterocycles. The smallest absolute Gasteiger partial charge is 0.332 e. The first-order chi connectivity index (χ1) is 7.10. The minimum atomic E-state index is -1.15. The zero-order chi connectivity index (χ0) is 11.4. The number of hydrogen-bond acceptors (Lipinski definition) is 4. The van der Waals surface area contributed by atoms with Gasteiger partial charge in [-0.3, -0.25) is 0 Å². The number of aromatic nitrogens is 2. The summed E-state index contributed by atoms with van der Waals surface area (Å²) in [5, 5.41) is 25.9. The van der Waals surface area contributed by atoms with Gasteiger partial charge in [-0.1, -0.05) is 6.58 Å². The lowest BCUT2D eigenvalue weighted by molar-refractivity contribution is -0.132. The maximum atomic E-state index is 10.5. The molecule has 0 saturated carbocycles. The third kappa shape index (κ3) is 2.01. The first-order valence-corrected chi connectivity index (χ1v) is 3.86. The van der Waals surface area contributed by atoms with Crippen LogP contribution in [0.4, 0.5) is 0 Å². The van der Waals surface area contributed by atoms with Crippen LogP contribution in [0.25, 0.3) is 0 Å². The highest BCUT2D eigenvalue weighted by Gasteiger charge is 2.12. The van der Waals surface area contributed by atoms with Gasteiger partial charge in [0.25, 0.3) is 0 Å². The van der Waals surface area contributed by atoms with Crippen LogP contribution in [0.2, 0.25) is 0 Å². The van der Waals surface area contributed by atoms with Crippen LogP contribution in [-0.4, -0.2) is 20.6 Å². The highest BCUT2D eigenvalue weighted by atomic mass is 16.4. The predicted octanol–water partition coefficient (Wildman–Crippen LogP) is 0.267. The Morgan fingerprint density at radius 1 is 1.60 bits per heavy atom. The Bertz CT molecular complexity index is 501. The molecule has 0 radical (unpaired) electrons. The second-order valence-corrected chi connectivity index (χ2v) is 2.70. The summed E-state index contributed by atoms with van der Waals surface area (Å²) in [6, 6.07) is 3.52. The Kier molecular flexibility index (Phi) is 2.85. The van der Waals surface area contributed by atoms with Crippen molar-refractivity contribution in [3.8, 4) is 12.1 Å². The number of nitriles is 2. The molecule has 1 rings (SSSR count). The fraction of sp³-hybridized carbons (Fsp3) is 0.111. The van der Waals surface area contributed by atoms with E-state index in [0.717, 1.165) is 0 Å². The van der Waals surface area contributed by atoms with Crippen molar-refractivity contribution in [2.24, 2.45) is 0 Å². The van der Waals surface area contributed by atoms with Crippen LogP contribution in [0.1, 0.15) is 11.4 Å². The molecule has 0 amide bonds. The van der Waals surface area contributed by atoms with Crippen molar-refractivity contribution in [1.29, 1.82) is 10.5 Å². The zero-order valence-electron chi connectivity index (χ0n) is 7.64. The fourth-order valence-corrected chi connectivity index (χ4v) is 0.974. The van der Waals surface area contributed by atoms with E-state index in [1.807, 2.05) is 0 Å². The van der Waals surface area contributed by atoms with Gasteiger partial charge in [-0.15, -0.1) is 0 Å². The van der Waals surface area contributed by atoms with E-state index in [1.165, 1.54) is 10.9 Å². The zero-order valence-corrected chi connectivity index (χ0v) is 7.64. The van der Waals surface area contributed by atoms with Gasteiger partial charge in [0, 0.05) is 5.57 Å². The summed E-state index contributed by atoms with van der Waals surface area (Å²) in [5.41, 5.74) is -0.0519. The Morgan fingerprint density at radius 2 is 2.27 bits per heavy atom. The van der Waals surface area contributed by atoms with Crippen molar-refractivity contribution in [2.45, 2.75) is 6.54 Å². The SMILES string of the molecule is C=C(Cn1cnc(C#N)c1C#N)C(=O)O. The van der Waals surface area contributed by atoms with Gasteiger partial charge in [-0.2, -0.15) is 10.5 Å². The highest BCUT2D eigenvalue weighted by Crippen LogP contribution is 2.07. The molecular formula is C9H6N4O2. The van der Waals surface area contributed by atoms with Crippen LogP contribution in [0.5, 0.6) is 0 Å². The van der Waals surface area contributed by atoms with Crippen LogP contribution in [0, 0.1) is 22.7 Å². The molecule has 0 aromatic carbocycles. The fourth-order valence-electron chi connectivity index (χ4n) is 0.974. The lowest BCUT2D eigenvalue weighted by Crippen LogP contribution is -2.09. The Morgan fingerprint density at radius 3 is 2.73 bits per heavy atom. The van der Waals surface area contributed by atoms with E-state index in [1.54, 1.807) is 12.1 Å². The van der Waals surface area contributed by atoms with E-state index < -0.39 is 5.97 Å². The van der Waals surface area contributed by atoms with Crippen molar-refractivity contribution >= 4 is 5.97 Å². The summed E-state index contributed by atoms with van der Waals surface area (Å²) in [5.74, 6) is -1.15. The predicted molar refractivity (Wildman–Crippen MR) is 48.4 cm³/mol. The molecule has 0 unspecified atom stereocenters. The largest absolute Gasteiger partial charge is 0.478 e. The van der Waals surface area contributed by atoms with E-state index in [9.17, 15) is 4.79 Å². The number of carbonyl (C=O) groups is 1. The number of hydrogen-bond donors (Lipinski definition) is 1. The van der Waals surface area contributed by atoms with Crippen molar-refractivity contribution in [1.82, 2.24) is 9.55 Å². The van der Waals surface area contributed by atoms with Gasteiger partial charge >= 0.3 is 5.97 Å². The Hall–Kier alpha value is -2.60. The number of nitrogens with zero attached hydrogens (tertiary/aromatic N) is 4. The summed E-state index contributed by atoms with van der Waals surface area (Å²) in [6.45, 7) is 3.26. The molecule has 0 bridgehead atoms. The van der Waals surface area contributed by atoms with Crippen LogP contribution in [0.3, 0.4) is 0 Å². The summed E-state index contributed by atoms with van der Waals surface area (Å²) in [6.07, 6.45) is 1.24.